The normalized spacial score (nSPS) is 17.6. The number of rotatable bonds is 14. The SMILES string of the molecule is CCOS(=O)(=S)CN(CCO)[N+](CC)(CCO)CSS(=O)(=O)CC. The molecule has 0 aliphatic carbocycles. The summed E-state index contributed by atoms with van der Waals surface area (Å²) in [6.07, 6.45) is 0. The van der Waals surface area contributed by atoms with Gasteiger partial charge in [0, 0.05) is 22.0 Å². The van der Waals surface area contributed by atoms with Crippen molar-refractivity contribution in [3.8, 4) is 0 Å². The minimum atomic E-state index is -3.28. The molecule has 146 valence electrons. The maximum Gasteiger partial charge on any atom is 0.206 e. The van der Waals surface area contributed by atoms with Crippen LogP contribution in [0.2, 0.25) is 0 Å². The van der Waals surface area contributed by atoms with Crippen LogP contribution in [0.3, 0.4) is 0 Å². The highest BCUT2D eigenvalue weighted by Crippen LogP contribution is 2.24. The molecule has 0 saturated carbocycles. The Labute approximate surface area is 153 Å². The van der Waals surface area contributed by atoms with Gasteiger partial charge < -0.3 is 10.2 Å². The summed E-state index contributed by atoms with van der Waals surface area (Å²) in [4.78, 5) is 0. The van der Waals surface area contributed by atoms with Gasteiger partial charge in [-0.2, -0.15) is 0 Å². The Kier molecular flexibility index (Phi) is 11.5. The third kappa shape index (κ3) is 8.23. The largest absolute Gasteiger partial charge is 0.395 e. The van der Waals surface area contributed by atoms with Crippen LogP contribution in [0.5, 0.6) is 0 Å². The van der Waals surface area contributed by atoms with Crippen LogP contribution in [-0.4, -0.2) is 89.4 Å². The van der Waals surface area contributed by atoms with E-state index in [0.717, 1.165) is 10.8 Å². The highest BCUT2D eigenvalue weighted by atomic mass is 33.1. The summed E-state index contributed by atoms with van der Waals surface area (Å²) in [6.45, 7) is 5.69. The van der Waals surface area contributed by atoms with Gasteiger partial charge in [-0.3, -0.25) is 4.18 Å². The van der Waals surface area contributed by atoms with E-state index in [1.807, 2.05) is 6.92 Å². The van der Waals surface area contributed by atoms with Crippen LogP contribution in [0, 0.1) is 0 Å². The summed E-state index contributed by atoms with van der Waals surface area (Å²) in [6, 6.07) is 0. The van der Waals surface area contributed by atoms with Gasteiger partial charge in [0.25, 0.3) is 0 Å². The minimum Gasteiger partial charge on any atom is -0.395 e. The zero-order valence-electron chi connectivity index (χ0n) is 14.4. The summed E-state index contributed by atoms with van der Waals surface area (Å²) in [5.41, 5.74) is 0. The van der Waals surface area contributed by atoms with Gasteiger partial charge in [-0.05, 0) is 13.8 Å². The van der Waals surface area contributed by atoms with Crippen LogP contribution in [0.25, 0.3) is 0 Å². The highest BCUT2D eigenvalue weighted by molar-refractivity contribution is 8.71. The summed E-state index contributed by atoms with van der Waals surface area (Å²) >= 11 is 5.00. The average Bonchev–Trinajstić information content (AvgIpc) is 2.51. The molecular formula is C12H29N2O6S4+. The second kappa shape index (κ2) is 11.2. The first-order valence-electron chi connectivity index (χ1n) is 7.69. The zero-order chi connectivity index (χ0) is 18.9. The fourth-order valence-corrected chi connectivity index (χ4v) is 6.49. The number of aliphatic hydroxyl groups excluding tert-OH is 2. The van der Waals surface area contributed by atoms with E-state index in [2.05, 4.69) is 0 Å². The van der Waals surface area contributed by atoms with E-state index >= 15 is 0 Å². The van der Waals surface area contributed by atoms with E-state index in [9.17, 15) is 22.8 Å². The molecule has 0 rings (SSSR count). The molecule has 0 amide bonds. The van der Waals surface area contributed by atoms with E-state index in [1.54, 1.807) is 18.9 Å². The lowest BCUT2D eigenvalue weighted by atomic mass is 10.5. The fraction of sp³-hybridized carbons (Fsp3) is 1.00. The van der Waals surface area contributed by atoms with Crippen LogP contribution in [0.15, 0.2) is 0 Å². The predicted octanol–water partition coefficient (Wildman–Crippen LogP) is -0.280. The summed E-state index contributed by atoms with van der Waals surface area (Å²) < 4.78 is 41.2. The number of quaternary nitrogens is 1. The predicted molar refractivity (Wildman–Crippen MR) is 100 cm³/mol. The first-order valence-corrected chi connectivity index (χ1v) is 13.4. The molecule has 12 heteroatoms. The van der Waals surface area contributed by atoms with Gasteiger partial charge in [0.2, 0.25) is 8.87 Å². The molecule has 2 unspecified atom stereocenters. The molecule has 0 aliphatic heterocycles. The summed E-state index contributed by atoms with van der Waals surface area (Å²) in [7, 11) is -5.53. The quantitative estimate of drug-likeness (QED) is 0.168. The number of nitrogens with zero attached hydrogens (tertiary/aromatic N) is 2. The van der Waals surface area contributed by atoms with Gasteiger partial charge in [-0.15, -0.1) is 5.01 Å². The molecule has 0 bridgehead atoms. The number of aliphatic hydroxyl groups is 2. The van der Waals surface area contributed by atoms with Crippen molar-refractivity contribution >= 4 is 39.6 Å². The zero-order valence-corrected chi connectivity index (χ0v) is 17.7. The smallest absolute Gasteiger partial charge is 0.206 e. The molecule has 0 spiro atoms. The standard InChI is InChI=1S/C12H29N2O6S4/c1-4-14(8-10-16,12-22-23(17,18)6-3)13(7-9-15)11-24(19,21)20-5-2/h15-16H,4-12H2,1-3H3/q+1. The average molecular weight is 426 g/mol. The van der Waals surface area contributed by atoms with Gasteiger partial charge in [-0.1, -0.05) is 6.92 Å². The van der Waals surface area contributed by atoms with Crippen LogP contribution in [-0.2, 0) is 33.0 Å². The lowest BCUT2D eigenvalue weighted by molar-refractivity contribution is -1.02. The molecule has 8 nitrogen and oxygen atoms in total. The van der Waals surface area contributed by atoms with Crippen LogP contribution in [0.1, 0.15) is 20.8 Å². The Bertz CT molecular complexity index is 554. The maximum atomic E-state index is 12.4. The van der Waals surface area contributed by atoms with Gasteiger partial charge in [-0.25, -0.2) is 17.2 Å². The summed E-state index contributed by atoms with van der Waals surface area (Å²) in [5, 5.41) is 20.4. The van der Waals surface area contributed by atoms with Gasteiger partial charge in [0.15, 0.2) is 14.6 Å². The van der Waals surface area contributed by atoms with E-state index in [1.165, 1.54) is 0 Å². The van der Waals surface area contributed by atoms with E-state index in [0.29, 0.717) is 6.54 Å². The number of hydrogen-bond donors (Lipinski definition) is 2. The van der Waals surface area contributed by atoms with Gasteiger partial charge in [0.1, 0.15) is 12.4 Å². The third-order valence-electron chi connectivity index (χ3n) is 3.49. The Morgan fingerprint density at radius 3 is 2.21 bits per heavy atom. The van der Waals surface area contributed by atoms with E-state index < -0.39 is 17.6 Å². The topological polar surface area (TPSA) is 104 Å². The van der Waals surface area contributed by atoms with Crippen molar-refractivity contribution in [2.45, 2.75) is 20.8 Å². The van der Waals surface area contributed by atoms with Gasteiger partial charge >= 0.3 is 0 Å². The van der Waals surface area contributed by atoms with Gasteiger partial charge in [0.05, 0.1) is 38.7 Å². The van der Waals surface area contributed by atoms with E-state index in [4.69, 9.17) is 15.4 Å². The minimum absolute atomic E-state index is 0.00275. The molecule has 2 N–H and O–H groups in total. The Morgan fingerprint density at radius 2 is 1.79 bits per heavy atom. The molecular weight excluding hydrogens is 396 g/mol. The third-order valence-corrected chi connectivity index (χ3v) is 9.06. The van der Waals surface area contributed by atoms with Crippen molar-refractivity contribution in [2.75, 3.05) is 57.0 Å². The van der Waals surface area contributed by atoms with Crippen molar-refractivity contribution in [1.82, 2.24) is 5.01 Å². The molecule has 0 radical (unpaired) electrons. The Balaban J connectivity index is 5.58. The fourth-order valence-electron chi connectivity index (χ4n) is 2.10. The molecule has 0 aromatic carbocycles. The van der Waals surface area contributed by atoms with E-state index in [-0.39, 0.29) is 55.0 Å². The first kappa shape index (κ1) is 24.5. The first-order chi connectivity index (χ1) is 11.1. The van der Waals surface area contributed by atoms with Crippen LogP contribution >= 0.6 is 10.8 Å². The molecule has 0 fully saturated rings. The van der Waals surface area contributed by atoms with Crippen LogP contribution in [0.4, 0.5) is 0 Å². The Morgan fingerprint density at radius 1 is 1.17 bits per heavy atom. The Hall–Kier alpha value is 0.470. The van der Waals surface area contributed by atoms with Crippen molar-refractivity contribution in [1.29, 1.82) is 0 Å². The summed E-state index contributed by atoms with van der Waals surface area (Å²) in [5.74, 6) is -0.00124. The van der Waals surface area contributed by atoms with Crippen LogP contribution < -0.4 is 0 Å². The number of likely N-dealkylation sites (N-methyl/N-ethyl adjacent to an activating group) is 1. The van der Waals surface area contributed by atoms with Crippen molar-refractivity contribution < 1.29 is 31.6 Å². The highest BCUT2D eigenvalue weighted by Gasteiger charge is 2.37. The lowest BCUT2D eigenvalue weighted by Gasteiger charge is -2.44. The molecule has 24 heavy (non-hydrogen) atoms. The molecule has 2 atom stereocenters. The molecule has 0 aromatic heterocycles. The van der Waals surface area contributed by atoms with Crippen molar-refractivity contribution in [2.24, 2.45) is 0 Å². The lowest BCUT2D eigenvalue weighted by Crippen LogP contribution is -2.63. The molecule has 0 aromatic rings. The second-order valence-corrected chi connectivity index (χ2v) is 12.5. The molecule has 0 saturated heterocycles. The second-order valence-electron chi connectivity index (χ2n) is 5.00. The molecule has 0 heterocycles. The monoisotopic (exact) mass is 425 g/mol. The maximum absolute atomic E-state index is 12.4. The number of hydrogen-bond acceptors (Lipinski definition) is 9. The van der Waals surface area contributed by atoms with Crippen molar-refractivity contribution in [3.63, 3.8) is 0 Å². The van der Waals surface area contributed by atoms with Crippen molar-refractivity contribution in [3.05, 3.63) is 0 Å². The molecule has 0 aliphatic rings.